The lowest BCUT2D eigenvalue weighted by atomic mass is 10.2. The van der Waals surface area contributed by atoms with E-state index in [1.165, 1.54) is 7.11 Å². The monoisotopic (exact) mass is 329 g/mol. The number of halogens is 1. The molecular formula is C11H12BrN3O2S. The minimum atomic E-state index is -0.439. The van der Waals surface area contributed by atoms with Gasteiger partial charge in [-0.1, -0.05) is 12.1 Å². The molecule has 0 aliphatic heterocycles. The maximum Gasteiger partial charge on any atom is 0.360 e. The zero-order valence-electron chi connectivity index (χ0n) is 10.0. The zero-order chi connectivity index (χ0) is 13.1. The van der Waals surface area contributed by atoms with E-state index in [0.717, 1.165) is 15.0 Å². The molecule has 0 fully saturated rings. The molecule has 2 aromatic rings. The van der Waals surface area contributed by atoms with Crippen molar-refractivity contribution in [3.63, 3.8) is 0 Å². The quantitative estimate of drug-likeness (QED) is 0.808. The number of hydrogen-bond donors (Lipinski definition) is 0. The molecule has 96 valence electrons. The SMILES string of the molecule is CCc1c(C(=O)OC)nnn1Cc1cc(Br)cs1. The first kappa shape index (κ1) is 13.2. The second-order valence-corrected chi connectivity index (χ2v) is 5.53. The number of esters is 1. The van der Waals surface area contributed by atoms with Gasteiger partial charge < -0.3 is 4.74 Å². The van der Waals surface area contributed by atoms with Gasteiger partial charge in [0.25, 0.3) is 0 Å². The molecule has 0 aliphatic rings. The third kappa shape index (κ3) is 2.62. The van der Waals surface area contributed by atoms with E-state index in [0.29, 0.717) is 18.7 Å². The van der Waals surface area contributed by atoms with Gasteiger partial charge in [0.15, 0.2) is 5.69 Å². The molecule has 0 bridgehead atoms. The summed E-state index contributed by atoms with van der Waals surface area (Å²) in [5.41, 5.74) is 1.10. The lowest BCUT2D eigenvalue weighted by Gasteiger charge is -2.03. The van der Waals surface area contributed by atoms with Crippen LogP contribution in [0.4, 0.5) is 0 Å². The standard InChI is InChI=1S/C11H12BrN3O2S/c1-3-9-10(11(16)17-2)13-14-15(9)5-8-4-7(12)6-18-8/h4,6H,3,5H2,1-2H3. The first-order valence-corrected chi connectivity index (χ1v) is 7.06. The number of hydrogen-bond acceptors (Lipinski definition) is 5. The van der Waals surface area contributed by atoms with E-state index < -0.39 is 5.97 Å². The van der Waals surface area contributed by atoms with Crippen molar-refractivity contribution in [2.24, 2.45) is 0 Å². The van der Waals surface area contributed by atoms with Gasteiger partial charge in [-0.3, -0.25) is 0 Å². The van der Waals surface area contributed by atoms with Gasteiger partial charge in [-0.15, -0.1) is 16.4 Å². The minimum absolute atomic E-state index is 0.302. The molecule has 0 saturated carbocycles. The van der Waals surface area contributed by atoms with Crippen LogP contribution in [0.15, 0.2) is 15.9 Å². The molecule has 0 aromatic carbocycles. The smallest absolute Gasteiger partial charge is 0.360 e. The number of rotatable bonds is 4. The Kier molecular flexibility index (Phi) is 4.13. The first-order valence-electron chi connectivity index (χ1n) is 5.39. The fourth-order valence-corrected chi connectivity index (χ4v) is 3.08. The highest BCUT2D eigenvalue weighted by Crippen LogP contribution is 2.21. The fraction of sp³-hybridized carbons (Fsp3) is 0.364. The Hall–Kier alpha value is -1.21. The number of carbonyl (C=O) groups is 1. The zero-order valence-corrected chi connectivity index (χ0v) is 12.4. The summed E-state index contributed by atoms with van der Waals surface area (Å²) in [4.78, 5) is 12.7. The van der Waals surface area contributed by atoms with Crippen molar-refractivity contribution in [2.75, 3.05) is 7.11 Å². The van der Waals surface area contributed by atoms with E-state index in [4.69, 9.17) is 0 Å². The summed E-state index contributed by atoms with van der Waals surface area (Å²) in [6.07, 6.45) is 0.685. The van der Waals surface area contributed by atoms with Crippen LogP contribution < -0.4 is 0 Å². The van der Waals surface area contributed by atoms with Crippen LogP contribution in [0.5, 0.6) is 0 Å². The molecule has 7 heteroatoms. The van der Waals surface area contributed by atoms with Gasteiger partial charge in [0.05, 0.1) is 19.3 Å². The second kappa shape index (κ2) is 5.62. The molecule has 5 nitrogen and oxygen atoms in total. The molecule has 0 spiro atoms. The van der Waals surface area contributed by atoms with Crippen molar-refractivity contribution in [3.8, 4) is 0 Å². The number of methoxy groups -OCH3 is 1. The fourth-order valence-electron chi connectivity index (χ4n) is 1.65. The van der Waals surface area contributed by atoms with E-state index in [1.54, 1.807) is 16.0 Å². The van der Waals surface area contributed by atoms with Crippen LogP contribution in [0.2, 0.25) is 0 Å². The third-order valence-corrected chi connectivity index (χ3v) is 4.16. The molecule has 0 unspecified atom stereocenters. The van der Waals surface area contributed by atoms with Crippen LogP contribution in [-0.4, -0.2) is 28.1 Å². The number of aromatic nitrogens is 3. The summed E-state index contributed by atoms with van der Waals surface area (Å²) in [7, 11) is 1.34. The van der Waals surface area contributed by atoms with Crippen molar-refractivity contribution in [2.45, 2.75) is 19.9 Å². The van der Waals surface area contributed by atoms with Crippen molar-refractivity contribution < 1.29 is 9.53 Å². The van der Waals surface area contributed by atoms with E-state index in [1.807, 2.05) is 18.4 Å². The van der Waals surface area contributed by atoms with E-state index in [2.05, 4.69) is 31.0 Å². The van der Waals surface area contributed by atoms with Crippen LogP contribution in [-0.2, 0) is 17.7 Å². The average Bonchev–Trinajstić information content (AvgIpc) is 2.95. The van der Waals surface area contributed by atoms with Crippen LogP contribution >= 0.6 is 27.3 Å². The minimum Gasteiger partial charge on any atom is -0.464 e. The molecular weight excluding hydrogens is 318 g/mol. The van der Waals surface area contributed by atoms with Crippen molar-refractivity contribution in [1.29, 1.82) is 0 Å². The van der Waals surface area contributed by atoms with Gasteiger partial charge in [0.1, 0.15) is 0 Å². The van der Waals surface area contributed by atoms with Gasteiger partial charge in [-0.25, -0.2) is 9.48 Å². The number of carbonyl (C=O) groups excluding carboxylic acids is 1. The van der Waals surface area contributed by atoms with Crippen molar-refractivity contribution in [1.82, 2.24) is 15.0 Å². The average molecular weight is 330 g/mol. The lowest BCUT2D eigenvalue weighted by Crippen LogP contribution is -2.09. The summed E-state index contributed by atoms with van der Waals surface area (Å²) >= 11 is 5.05. The van der Waals surface area contributed by atoms with Gasteiger partial charge >= 0.3 is 5.97 Å². The molecule has 2 heterocycles. The molecule has 0 aliphatic carbocycles. The van der Waals surface area contributed by atoms with E-state index >= 15 is 0 Å². The molecule has 0 saturated heterocycles. The predicted octanol–water partition coefficient (Wildman–Crippen LogP) is 2.50. The molecule has 2 aromatic heterocycles. The van der Waals surface area contributed by atoms with Crippen LogP contribution in [0.1, 0.15) is 28.0 Å². The predicted molar refractivity (Wildman–Crippen MR) is 71.9 cm³/mol. The number of ether oxygens (including phenoxy) is 1. The highest BCUT2D eigenvalue weighted by molar-refractivity contribution is 9.10. The number of thiophene rings is 1. The molecule has 0 N–H and O–H groups in total. The molecule has 0 radical (unpaired) electrons. The van der Waals surface area contributed by atoms with Gasteiger partial charge in [0.2, 0.25) is 0 Å². The largest absolute Gasteiger partial charge is 0.464 e. The van der Waals surface area contributed by atoms with E-state index in [9.17, 15) is 4.79 Å². The molecule has 18 heavy (non-hydrogen) atoms. The normalized spacial score (nSPS) is 10.6. The lowest BCUT2D eigenvalue weighted by molar-refractivity contribution is 0.0592. The van der Waals surface area contributed by atoms with Crippen molar-refractivity contribution >= 4 is 33.2 Å². The Bertz CT molecular complexity index is 564. The van der Waals surface area contributed by atoms with Crippen LogP contribution in [0, 0.1) is 0 Å². The first-order chi connectivity index (χ1) is 8.65. The van der Waals surface area contributed by atoms with E-state index in [-0.39, 0.29) is 0 Å². The Morgan fingerprint density at radius 2 is 2.39 bits per heavy atom. The van der Waals surface area contributed by atoms with Crippen LogP contribution in [0.3, 0.4) is 0 Å². The van der Waals surface area contributed by atoms with Crippen molar-refractivity contribution in [3.05, 3.63) is 32.2 Å². The Morgan fingerprint density at radius 1 is 1.61 bits per heavy atom. The van der Waals surface area contributed by atoms with Gasteiger partial charge in [-0.2, -0.15) is 0 Å². The summed E-state index contributed by atoms with van der Waals surface area (Å²) in [6, 6.07) is 2.03. The highest BCUT2D eigenvalue weighted by Gasteiger charge is 2.19. The van der Waals surface area contributed by atoms with Gasteiger partial charge in [-0.05, 0) is 28.4 Å². The summed E-state index contributed by atoms with van der Waals surface area (Å²) in [5, 5.41) is 9.92. The summed E-state index contributed by atoms with van der Waals surface area (Å²) in [6.45, 7) is 2.58. The maximum absolute atomic E-state index is 11.5. The Morgan fingerprint density at radius 3 is 2.94 bits per heavy atom. The molecule has 0 amide bonds. The summed E-state index contributed by atoms with van der Waals surface area (Å²) < 4.78 is 7.48. The number of nitrogens with zero attached hydrogens (tertiary/aromatic N) is 3. The maximum atomic E-state index is 11.5. The van der Waals surface area contributed by atoms with Gasteiger partial charge in [0, 0.05) is 14.7 Å². The summed E-state index contributed by atoms with van der Waals surface area (Å²) in [5.74, 6) is -0.439. The highest BCUT2D eigenvalue weighted by atomic mass is 79.9. The third-order valence-electron chi connectivity index (χ3n) is 2.48. The Labute approximate surface area is 117 Å². The molecule has 0 atom stereocenters. The second-order valence-electron chi connectivity index (χ2n) is 3.62. The topological polar surface area (TPSA) is 57.0 Å². The Balaban J connectivity index is 2.28. The molecule has 2 rings (SSSR count). The van der Waals surface area contributed by atoms with Crippen LogP contribution in [0.25, 0.3) is 0 Å².